The van der Waals surface area contributed by atoms with Crippen LogP contribution in [0.3, 0.4) is 0 Å². The Kier molecular flexibility index (Phi) is 8.45. The summed E-state index contributed by atoms with van der Waals surface area (Å²) in [7, 11) is 0. The highest BCUT2D eigenvalue weighted by molar-refractivity contribution is 6.30. The van der Waals surface area contributed by atoms with Gasteiger partial charge in [-0.2, -0.15) is 13.2 Å². The molecule has 3 aromatic carbocycles. The van der Waals surface area contributed by atoms with Gasteiger partial charge in [0.25, 0.3) is 11.5 Å². The molecule has 1 heterocycles. The van der Waals surface area contributed by atoms with E-state index in [1.54, 1.807) is 48.5 Å². The fourth-order valence-electron chi connectivity index (χ4n) is 4.57. The summed E-state index contributed by atoms with van der Waals surface area (Å²) >= 11 is 6.27. The Hall–Kier alpha value is -3.65. The number of aromatic nitrogens is 2. The Morgan fingerprint density at radius 3 is 2.41 bits per heavy atom. The molecule has 1 amide bonds. The van der Waals surface area contributed by atoms with Crippen molar-refractivity contribution < 1.29 is 18.0 Å². The van der Waals surface area contributed by atoms with Crippen LogP contribution in [-0.2, 0) is 6.18 Å². The maximum Gasteiger partial charge on any atom is 0.416 e. The molecule has 9 heteroatoms. The molecule has 0 bridgehead atoms. The second-order valence-electron chi connectivity index (χ2n) is 9.79. The van der Waals surface area contributed by atoms with E-state index in [0.29, 0.717) is 40.3 Å². The largest absolute Gasteiger partial charge is 0.416 e. The second kappa shape index (κ2) is 11.6. The molecule has 0 aliphatic carbocycles. The van der Waals surface area contributed by atoms with Crippen molar-refractivity contribution in [2.45, 2.75) is 45.8 Å². The van der Waals surface area contributed by atoms with Crippen molar-refractivity contribution in [3.05, 3.63) is 105 Å². The number of fused-ring (bicyclic) bond motifs is 1. The first-order valence-electron chi connectivity index (χ1n) is 12.8. The average molecular weight is 556 g/mol. The Labute approximate surface area is 229 Å². The predicted octanol–water partition coefficient (Wildman–Crippen LogP) is 7.70. The Morgan fingerprint density at radius 2 is 1.74 bits per heavy atom. The lowest BCUT2D eigenvalue weighted by molar-refractivity contribution is -0.137. The van der Waals surface area contributed by atoms with Gasteiger partial charge in [0, 0.05) is 17.1 Å². The lowest BCUT2D eigenvalue weighted by Crippen LogP contribution is -2.39. The molecular weight excluding hydrogens is 527 g/mol. The van der Waals surface area contributed by atoms with E-state index >= 15 is 0 Å². The van der Waals surface area contributed by atoms with Crippen molar-refractivity contribution in [1.82, 2.24) is 14.5 Å². The normalized spacial score (nSPS) is 12.6. The number of alkyl halides is 3. The van der Waals surface area contributed by atoms with E-state index in [0.717, 1.165) is 12.1 Å². The van der Waals surface area contributed by atoms with Crippen LogP contribution in [0.2, 0.25) is 5.02 Å². The number of rotatable bonds is 8. The number of para-hydroxylation sites is 1. The van der Waals surface area contributed by atoms with Crippen LogP contribution in [0.25, 0.3) is 16.6 Å². The third-order valence-electron chi connectivity index (χ3n) is 6.57. The van der Waals surface area contributed by atoms with Gasteiger partial charge in [-0.05, 0) is 67.3 Å². The first kappa shape index (κ1) is 28.4. The lowest BCUT2D eigenvalue weighted by Gasteiger charge is -2.33. The zero-order valence-electron chi connectivity index (χ0n) is 21.9. The number of hydrogen-bond acceptors (Lipinski definition) is 3. The van der Waals surface area contributed by atoms with Gasteiger partial charge in [-0.15, -0.1) is 0 Å². The van der Waals surface area contributed by atoms with Crippen molar-refractivity contribution in [3.63, 3.8) is 0 Å². The van der Waals surface area contributed by atoms with Gasteiger partial charge in [-0.1, -0.05) is 56.6 Å². The number of hydrogen-bond donors (Lipinski definition) is 0. The highest BCUT2D eigenvalue weighted by atomic mass is 35.5. The first-order valence-corrected chi connectivity index (χ1v) is 13.1. The summed E-state index contributed by atoms with van der Waals surface area (Å²) in [4.78, 5) is 34.1. The SMILES string of the molecule is CCC(c1nc2ccccc2c(=O)n1-c1cccc(Cl)c1)N(CCC(C)C)C(=O)c1cccc(C(F)(F)F)c1. The molecule has 5 nitrogen and oxygen atoms in total. The summed E-state index contributed by atoms with van der Waals surface area (Å²) < 4.78 is 41.8. The summed E-state index contributed by atoms with van der Waals surface area (Å²) in [5.41, 5.74) is -0.361. The number of nitrogens with zero attached hydrogens (tertiary/aromatic N) is 3. The number of halogens is 4. The summed E-state index contributed by atoms with van der Waals surface area (Å²) in [6.45, 7) is 6.13. The molecule has 0 fully saturated rings. The molecule has 0 radical (unpaired) electrons. The summed E-state index contributed by atoms with van der Waals surface area (Å²) in [6.07, 6.45) is -3.61. The van der Waals surface area contributed by atoms with Crippen LogP contribution in [0.15, 0.2) is 77.6 Å². The fraction of sp³-hybridized carbons (Fsp3) is 0.300. The Morgan fingerprint density at radius 1 is 1.03 bits per heavy atom. The first-order chi connectivity index (χ1) is 18.5. The van der Waals surface area contributed by atoms with Crippen LogP contribution in [0.4, 0.5) is 13.2 Å². The zero-order chi connectivity index (χ0) is 28.3. The van der Waals surface area contributed by atoms with Gasteiger partial charge in [0.2, 0.25) is 0 Å². The van der Waals surface area contributed by atoms with E-state index in [-0.39, 0.29) is 23.6 Å². The van der Waals surface area contributed by atoms with Crippen LogP contribution in [0, 0.1) is 5.92 Å². The summed E-state index contributed by atoms with van der Waals surface area (Å²) in [5.74, 6) is -0.0276. The van der Waals surface area contributed by atoms with Crippen molar-refractivity contribution in [2.75, 3.05) is 6.54 Å². The summed E-state index contributed by atoms with van der Waals surface area (Å²) in [5, 5.41) is 0.817. The van der Waals surface area contributed by atoms with Crippen molar-refractivity contribution in [3.8, 4) is 5.69 Å². The molecule has 0 aliphatic heterocycles. The molecule has 4 rings (SSSR count). The second-order valence-corrected chi connectivity index (χ2v) is 10.2. The minimum absolute atomic E-state index is 0.0792. The third-order valence-corrected chi connectivity index (χ3v) is 6.81. The van der Waals surface area contributed by atoms with E-state index in [1.807, 2.05) is 20.8 Å². The quantitative estimate of drug-likeness (QED) is 0.224. The lowest BCUT2D eigenvalue weighted by atomic mass is 10.0. The van der Waals surface area contributed by atoms with Crippen LogP contribution >= 0.6 is 11.6 Å². The van der Waals surface area contributed by atoms with Gasteiger partial charge in [0.15, 0.2) is 0 Å². The monoisotopic (exact) mass is 555 g/mol. The molecule has 0 saturated carbocycles. The smallest absolute Gasteiger partial charge is 0.328 e. The Balaban J connectivity index is 1.93. The number of carbonyl (C=O) groups excluding carboxylic acids is 1. The molecule has 1 aromatic heterocycles. The molecule has 1 atom stereocenters. The van der Waals surface area contributed by atoms with Gasteiger partial charge in [-0.3, -0.25) is 14.2 Å². The highest BCUT2D eigenvalue weighted by Gasteiger charge is 2.33. The molecular formula is C30H29ClF3N3O2. The molecule has 0 N–H and O–H groups in total. The van der Waals surface area contributed by atoms with Gasteiger partial charge < -0.3 is 4.90 Å². The third kappa shape index (κ3) is 6.17. The number of amides is 1. The van der Waals surface area contributed by atoms with Crippen molar-refractivity contribution >= 4 is 28.4 Å². The average Bonchev–Trinajstić information content (AvgIpc) is 2.90. The van der Waals surface area contributed by atoms with Crippen LogP contribution < -0.4 is 5.56 Å². The minimum Gasteiger partial charge on any atom is -0.328 e. The highest BCUT2D eigenvalue weighted by Crippen LogP contribution is 2.32. The van der Waals surface area contributed by atoms with E-state index in [1.165, 1.54) is 21.6 Å². The van der Waals surface area contributed by atoms with Crippen molar-refractivity contribution in [2.24, 2.45) is 5.92 Å². The maximum absolute atomic E-state index is 13.9. The van der Waals surface area contributed by atoms with Crippen LogP contribution in [0.5, 0.6) is 0 Å². The van der Waals surface area contributed by atoms with E-state index in [2.05, 4.69) is 0 Å². The van der Waals surface area contributed by atoms with E-state index < -0.39 is 23.7 Å². The number of carbonyl (C=O) groups is 1. The fourth-order valence-corrected chi connectivity index (χ4v) is 4.76. The predicted molar refractivity (Wildman–Crippen MR) is 147 cm³/mol. The topological polar surface area (TPSA) is 55.2 Å². The minimum atomic E-state index is -4.59. The number of benzene rings is 3. The molecule has 39 heavy (non-hydrogen) atoms. The summed E-state index contributed by atoms with van der Waals surface area (Å²) in [6, 6.07) is 17.4. The van der Waals surface area contributed by atoms with Gasteiger partial charge in [0.05, 0.1) is 28.2 Å². The molecule has 0 aliphatic rings. The van der Waals surface area contributed by atoms with Gasteiger partial charge >= 0.3 is 6.18 Å². The van der Waals surface area contributed by atoms with Crippen LogP contribution in [0.1, 0.15) is 61.4 Å². The maximum atomic E-state index is 13.9. The van der Waals surface area contributed by atoms with Gasteiger partial charge in [-0.25, -0.2) is 4.98 Å². The van der Waals surface area contributed by atoms with Crippen molar-refractivity contribution in [1.29, 1.82) is 0 Å². The van der Waals surface area contributed by atoms with E-state index in [4.69, 9.17) is 16.6 Å². The Bertz CT molecular complexity index is 1550. The molecule has 1 unspecified atom stereocenters. The van der Waals surface area contributed by atoms with E-state index in [9.17, 15) is 22.8 Å². The van der Waals surface area contributed by atoms with Gasteiger partial charge in [0.1, 0.15) is 5.82 Å². The molecule has 204 valence electrons. The molecule has 0 spiro atoms. The molecule has 0 saturated heterocycles. The van der Waals surface area contributed by atoms with Crippen LogP contribution in [-0.4, -0.2) is 26.9 Å². The molecule has 4 aromatic rings. The zero-order valence-corrected chi connectivity index (χ0v) is 22.6. The standard InChI is InChI=1S/C30H29ClF3N3O2/c1-4-26(36(16-15-19(2)3)28(38)20-9-7-10-21(17-20)30(32,33)34)27-35-25-14-6-5-13-24(25)29(39)37(27)23-12-8-11-22(31)18-23/h5-14,17-19,26H,4,15-16H2,1-3H3.